The van der Waals surface area contributed by atoms with Crippen LogP contribution in [0.2, 0.25) is 5.02 Å². The Labute approximate surface area is 131 Å². The summed E-state index contributed by atoms with van der Waals surface area (Å²) in [6, 6.07) is 0. The van der Waals surface area contributed by atoms with Crippen molar-refractivity contribution < 1.29 is 0 Å². The molecule has 0 spiro atoms. The van der Waals surface area contributed by atoms with Crippen molar-refractivity contribution in [2.75, 3.05) is 6.54 Å². The fraction of sp³-hybridized carbons (Fsp3) is 0.600. The molecule has 0 atom stereocenters. The summed E-state index contributed by atoms with van der Waals surface area (Å²) in [4.78, 5) is 0. The Kier molecular flexibility index (Phi) is 5.42. The maximum atomic E-state index is 6.39. The van der Waals surface area contributed by atoms with Crippen molar-refractivity contribution >= 4 is 11.6 Å². The van der Waals surface area contributed by atoms with Crippen LogP contribution < -0.4 is 5.32 Å². The van der Waals surface area contributed by atoms with Crippen molar-refractivity contribution in [2.24, 2.45) is 7.05 Å². The normalized spacial score (nSPS) is 11.3. The molecule has 2 aromatic rings. The fourth-order valence-electron chi connectivity index (χ4n) is 2.36. The van der Waals surface area contributed by atoms with Crippen LogP contribution in [0.4, 0.5) is 0 Å². The first-order chi connectivity index (χ1) is 10.1. The molecule has 0 aliphatic carbocycles. The molecule has 21 heavy (non-hydrogen) atoms. The molecule has 0 aromatic carbocycles. The van der Waals surface area contributed by atoms with Crippen LogP contribution in [0, 0.1) is 6.92 Å². The summed E-state index contributed by atoms with van der Waals surface area (Å²) in [6.07, 6.45) is 4.07. The van der Waals surface area contributed by atoms with Crippen LogP contribution in [0.25, 0.3) is 0 Å². The van der Waals surface area contributed by atoms with Gasteiger partial charge in [0.1, 0.15) is 0 Å². The molecule has 0 bridgehead atoms. The first-order valence-electron chi connectivity index (χ1n) is 7.50. The van der Waals surface area contributed by atoms with E-state index in [4.69, 9.17) is 11.6 Å². The number of rotatable bonds is 7. The lowest BCUT2D eigenvalue weighted by atomic mass is 10.2. The van der Waals surface area contributed by atoms with Gasteiger partial charge in [-0.3, -0.25) is 9.36 Å². The number of hydrogen-bond acceptors (Lipinski definition) is 3. The van der Waals surface area contributed by atoms with Crippen molar-refractivity contribution in [2.45, 2.75) is 46.7 Å². The number of nitrogens with zero attached hydrogens (tertiary/aromatic N) is 4. The summed E-state index contributed by atoms with van der Waals surface area (Å²) in [5.41, 5.74) is 4.25. The van der Waals surface area contributed by atoms with E-state index in [1.807, 2.05) is 23.3 Å². The summed E-state index contributed by atoms with van der Waals surface area (Å²) in [6.45, 7) is 8.81. The Morgan fingerprint density at radius 1 is 1.29 bits per heavy atom. The molecular weight excluding hydrogens is 286 g/mol. The SMILES string of the molecule is CCCNCc1cn(Cc2c(Cl)c(CC)nn2C)nc1C. The smallest absolute Gasteiger partial charge is 0.0869 e. The lowest BCUT2D eigenvalue weighted by molar-refractivity contribution is 0.613. The Hall–Kier alpha value is -1.33. The Balaban J connectivity index is 2.13. The average molecular weight is 310 g/mol. The van der Waals surface area contributed by atoms with Gasteiger partial charge in [-0.1, -0.05) is 25.4 Å². The summed E-state index contributed by atoms with van der Waals surface area (Å²) in [5.74, 6) is 0. The minimum Gasteiger partial charge on any atom is -0.313 e. The zero-order valence-corrected chi connectivity index (χ0v) is 14.0. The average Bonchev–Trinajstić information content (AvgIpc) is 2.94. The van der Waals surface area contributed by atoms with Crippen LogP contribution >= 0.6 is 11.6 Å². The van der Waals surface area contributed by atoms with Gasteiger partial charge in [-0.05, 0) is 26.3 Å². The van der Waals surface area contributed by atoms with E-state index in [1.165, 1.54) is 5.56 Å². The molecule has 2 rings (SSSR count). The second-order valence-corrected chi connectivity index (χ2v) is 5.68. The molecule has 0 unspecified atom stereocenters. The van der Waals surface area contributed by atoms with Crippen molar-refractivity contribution in [1.29, 1.82) is 0 Å². The molecule has 0 radical (unpaired) electrons. The molecule has 0 saturated carbocycles. The van der Waals surface area contributed by atoms with E-state index in [9.17, 15) is 0 Å². The molecule has 0 fully saturated rings. The molecule has 0 aliphatic heterocycles. The lowest BCUT2D eigenvalue weighted by Crippen LogP contribution is -2.13. The van der Waals surface area contributed by atoms with E-state index in [0.717, 1.165) is 48.0 Å². The third-order valence-corrected chi connectivity index (χ3v) is 4.04. The van der Waals surface area contributed by atoms with Crippen LogP contribution in [0.15, 0.2) is 6.20 Å². The van der Waals surface area contributed by atoms with Gasteiger partial charge in [-0.25, -0.2) is 0 Å². The molecule has 5 nitrogen and oxygen atoms in total. The van der Waals surface area contributed by atoms with Gasteiger partial charge in [-0.2, -0.15) is 10.2 Å². The van der Waals surface area contributed by atoms with Crippen molar-refractivity contribution in [3.05, 3.63) is 33.9 Å². The van der Waals surface area contributed by atoms with Crippen LogP contribution in [0.3, 0.4) is 0 Å². The van der Waals surface area contributed by atoms with Gasteiger partial charge < -0.3 is 5.32 Å². The quantitative estimate of drug-likeness (QED) is 0.800. The molecule has 2 aromatic heterocycles. The third kappa shape index (κ3) is 3.66. The molecule has 1 N–H and O–H groups in total. The lowest BCUT2D eigenvalue weighted by Gasteiger charge is -2.03. The van der Waals surface area contributed by atoms with Crippen molar-refractivity contribution in [3.63, 3.8) is 0 Å². The van der Waals surface area contributed by atoms with Gasteiger partial charge >= 0.3 is 0 Å². The Bertz CT molecular complexity index is 599. The van der Waals surface area contributed by atoms with Crippen LogP contribution in [0.1, 0.15) is 42.9 Å². The predicted octanol–water partition coefficient (Wildman–Crippen LogP) is 2.69. The highest BCUT2D eigenvalue weighted by molar-refractivity contribution is 6.31. The van der Waals surface area contributed by atoms with E-state index in [0.29, 0.717) is 6.54 Å². The number of aryl methyl sites for hydroxylation is 3. The molecule has 2 heterocycles. The summed E-state index contributed by atoms with van der Waals surface area (Å²) < 4.78 is 3.80. The molecule has 0 amide bonds. The van der Waals surface area contributed by atoms with Crippen LogP contribution in [-0.2, 0) is 26.6 Å². The second-order valence-electron chi connectivity index (χ2n) is 5.30. The van der Waals surface area contributed by atoms with E-state index >= 15 is 0 Å². The van der Waals surface area contributed by atoms with Gasteiger partial charge in [0.05, 0.1) is 28.6 Å². The van der Waals surface area contributed by atoms with E-state index < -0.39 is 0 Å². The third-order valence-electron chi connectivity index (χ3n) is 3.60. The van der Waals surface area contributed by atoms with E-state index in [2.05, 4.69) is 35.6 Å². The topological polar surface area (TPSA) is 47.7 Å². The zero-order valence-electron chi connectivity index (χ0n) is 13.3. The highest BCUT2D eigenvalue weighted by Crippen LogP contribution is 2.21. The van der Waals surface area contributed by atoms with Crippen molar-refractivity contribution in [3.8, 4) is 0 Å². The first kappa shape index (κ1) is 16.0. The summed E-state index contributed by atoms with van der Waals surface area (Å²) >= 11 is 6.39. The first-order valence-corrected chi connectivity index (χ1v) is 7.88. The number of nitrogens with one attached hydrogen (secondary N) is 1. The van der Waals surface area contributed by atoms with E-state index in [1.54, 1.807) is 0 Å². The maximum Gasteiger partial charge on any atom is 0.0869 e. The molecule has 6 heteroatoms. The van der Waals surface area contributed by atoms with Crippen molar-refractivity contribution in [1.82, 2.24) is 24.9 Å². The largest absolute Gasteiger partial charge is 0.313 e. The predicted molar refractivity (Wildman–Crippen MR) is 85.7 cm³/mol. The van der Waals surface area contributed by atoms with Crippen LogP contribution in [0.5, 0.6) is 0 Å². The molecule has 116 valence electrons. The van der Waals surface area contributed by atoms with Gasteiger partial charge in [-0.15, -0.1) is 0 Å². The number of aromatic nitrogens is 4. The highest BCUT2D eigenvalue weighted by atomic mass is 35.5. The minimum atomic E-state index is 0.650. The minimum absolute atomic E-state index is 0.650. The van der Waals surface area contributed by atoms with Gasteiger partial charge in [0.2, 0.25) is 0 Å². The van der Waals surface area contributed by atoms with Gasteiger partial charge in [0.15, 0.2) is 0 Å². The maximum absolute atomic E-state index is 6.39. The standard InChI is InChI=1S/C15H24ClN5/c1-5-7-17-8-12-9-21(18-11(12)3)10-14-15(16)13(6-2)19-20(14)4/h9,17H,5-8,10H2,1-4H3. The van der Waals surface area contributed by atoms with Crippen LogP contribution in [-0.4, -0.2) is 26.1 Å². The Morgan fingerprint density at radius 2 is 2.05 bits per heavy atom. The Morgan fingerprint density at radius 3 is 2.67 bits per heavy atom. The second kappa shape index (κ2) is 7.09. The molecule has 0 saturated heterocycles. The summed E-state index contributed by atoms with van der Waals surface area (Å²) in [7, 11) is 1.93. The highest BCUT2D eigenvalue weighted by Gasteiger charge is 2.14. The summed E-state index contributed by atoms with van der Waals surface area (Å²) in [5, 5.41) is 13.2. The fourth-order valence-corrected chi connectivity index (χ4v) is 2.71. The van der Waals surface area contributed by atoms with Gasteiger partial charge in [0, 0.05) is 25.4 Å². The number of halogens is 1. The zero-order chi connectivity index (χ0) is 15.4. The molecular formula is C15H24ClN5. The molecule has 0 aliphatic rings. The monoisotopic (exact) mass is 309 g/mol. The number of hydrogen-bond donors (Lipinski definition) is 1. The van der Waals surface area contributed by atoms with Gasteiger partial charge in [0.25, 0.3) is 0 Å². The van der Waals surface area contributed by atoms with E-state index in [-0.39, 0.29) is 0 Å².